The van der Waals surface area contributed by atoms with Gasteiger partial charge in [0.15, 0.2) is 0 Å². The van der Waals surface area contributed by atoms with E-state index in [1.807, 2.05) is 18.2 Å². The van der Waals surface area contributed by atoms with Gasteiger partial charge in [-0.25, -0.2) is 0 Å². The SMILES string of the molecule is NCC(O)CCOCCCc1ccccc1. The van der Waals surface area contributed by atoms with E-state index in [4.69, 9.17) is 10.5 Å². The minimum atomic E-state index is -0.422. The molecule has 1 atom stereocenters. The van der Waals surface area contributed by atoms with E-state index in [0.29, 0.717) is 19.6 Å². The van der Waals surface area contributed by atoms with Crippen molar-refractivity contribution < 1.29 is 9.84 Å². The molecule has 16 heavy (non-hydrogen) atoms. The maximum Gasteiger partial charge on any atom is 0.0684 e. The van der Waals surface area contributed by atoms with Gasteiger partial charge < -0.3 is 15.6 Å². The number of rotatable bonds is 8. The Bertz CT molecular complexity index is 264. The molecule has 90 valence electrons. The Hall–Kier alpha value is -0.900. The number of hydrogen-bond donors (Lipinski definition) is 2. The van der Waals surface area contributed by atoms with Crippen LogP contribution in [0.25, 0.3) is 0 Å². The topological polar surface area (TPSA) is 55.5 Å². The second kappa shape index (κ2) is 8.28. The molecule has 0 aliphatic heterocycles. The predicted octanol–water partition coefficient (Wildman–Crippen LogP) is 1.35. The van der Waals surface area contributed by atoms with Crippen molar-refractivity contribution in [2.45, 2.75) is 25.4 Å². The maximum absolute atomic E-state index is 9.19. The molecule has 0 aliphatic rings. The third kappa shape index (κ3) is 5.85. The highest BCUT2D eigenvalue weighted by Crippen LogP contribution is 2.02. The first-order valence-corrected chi connectivity index (χ1v) is 5.82. The summed E-state index contributed by atoms with van der Waals surface area (Å²) in [6, 6.07) is 10.4. The Kier molecular flexibility index (Phi) is 6.81. The van der Waals surface area contributed by atoms with Crippen LogP contribution in [0, 0.1) is 0 Å². The highest BCUT2D eigenvalue weighted by atomic mass is 16.5. The van der Waals surface area contributed by atoms with Gasteiger partial charge in [-0.05, 0) is 24.8 Å². The number of aliphatic hydroxyl groups excluding tert-OH is 1. The first kappa shape index (κ1) is 13.2. The molecule has 0 saturated carbocycles. The first-order valence-electron chi connectivity index (χ1n) is 5.82. The number of hydrogen-bond acceptors (Lipinski definition) is 3. The summed E-state index contributed by atoms with van der Waals surface area (Å²) in [7, 11) is 0. The van der Waals surface area contributed by atoms with Gasteiger partial charge in [0.2, 0.25) is 0 Å². The lowest BCUT2D eigenvalue weighted by atomic mass is 10.1. The van der Waals surface area contributed by atoms with Gasteiger partial charge in [0.25, 0.3) is 0 Å². The Balaban J connectivity index is 1.96. The van der Waals surface area contributed by atoms with Crippen molar-refractivity contribution in [3.8, 4) is 0 Å². The molecule has 0 saturated heterocycles. The zero-order valence-corrected chi connectivity index (χ0v) is 9.64. The van der Waals surface area contributed by atoms with Gasteiger partial charge >= 0.3 is 0 Å². The van der Waals surface area contributed by atoms with E-state index in [1.165, 1.54) is 5.56 Å². The van der Waals surface area contributed by atoms with Crippen LogP contribution in [0.3, 0.4) is 0 Å². The van der Waals surface area contributed by atoms with Gasteiger partial charge in [0.05, 0.1) is 6.10 Å². The molecule has 0 radical (unpaired) electrons. The summed E-state index contributed by atoms with van der Waals surface area (Å²) in [5, 5.41) is 9.19. The summed E-state index contributed by atoms with van der Waals surface area (Å²) < 4.78 is 5.41. The summed E-state index contributed by atoms with van der Waals surface area (Å²) in [6.07, 6.45) is 2.26. The van der Waals surface area contributed by atoms with E-state index in [9.17, 15) is 5.11 Å². The van der Waals surface area contributed by atoms with Crippen LogP contribution >= 0.6 is 0 Å². The summed E-state index contributed by atoms with van der Waals surface area (Å²) in [6.45, 7) is 1.65. The van der Waals surface area contributed by atoms with Gasteiger partial charge in [0, 0.05) is 19.8 Å². The van der Waals surface area contributed by atoms with Crippen LogP contribution in [-0.4, -0.2) is 31.0 Å². The Morgan fingerprint density at radius 1 is 1.19 bits per heavy atom. The van der Waals surface area contributed by atoms with Gasteiger partial charge in [-0.1, -0.05) is 30.3 Å². The zero-order chi connectivity index (χ0) is 11.6. The Morgan fingerprint density at radius 3 is 2.62 bits per heavy atom. The van der Waals surface area contributed by atoms with E-state index in [2.05, 4.69) is 12.1 Å². The van der Waals surface area contributed by atoms with Crippen molar-refractivity contribution in [3.63, 3.8) is 0 Å². The second-order valence-corrected chi connectivity index (χ2v) is 3.88. The summed E-state index contributed by atoms with van der Waals surface area (Å²) in [4.78, 5) is 0. The van der Waals surface area contributed by atoms with Gasteiger partial charge in [-0.2, -0.15) is 0 Å². The normalized spacial score (nSPS) is 12.6. The molecule has 0 aliphatic carbocycles. The monoisotopic (exact) mass is 223 g/mol. The molecule has 1 unspecified atom stereocenters. The van der Waals surface area contributed by atoms with E-state index in [-0.39, 0.29) is 0 Å². The minimum absolute atomic E-state index is 0.313. The number of benzene rings is 1. The average Bonchev–Trinajstić information content (AvgIpc) is 2.34. The Labute approximate surface area is 97.2 Å². The standard InChI is InChI=1S/C13H21NO2/c14-11-13(15)8-10-16-9-4-7-12-5-2-1-3-6-12/h1-3,5-6,13,15H,4,7-11,14H2. The molecule has 0 bridgehead atoms. The fourth-order valence-electron chi connectivity index (χ4n) is 1.46. The number of aliphatic hydroxyl groups is 1. The number of aryl methyl sites for hydroxylation is 1. The first-order chi connectivity index (χ1) is 7.83. The molecule has 0 heterocycles. The van der Waals surface area contributed by atoms with Crippen molar-refractivity contribution in [2.75, 3.05) is 19.8 Å². The van der Waals surface area contributed by atoms with Crippen LogP contribution in [0.15, 0.2) is 30.3 Å². The third-order valence-electron chi connectivity index (χ3n) is 2.46. The van der Waals surface area contributed by atoms with Crippen LogP contribution in [-0.2, 0) is 11.2 Å². The molecule has 0 aromatic heterocycles. The number of ether oxygens (including phenoxy) is 1. The van der Waals surface area contributed by atoms with Crippen LogP contribution in [0.1, 0.15) is 18.4 Å². The smallest absolute Gasteiger partial charge is 0.0684 e. The Morgan fingerprint density at radius 2 is 1.94 bits per heavy atom. The average molecular weight is 223 g/mol. The van der Waals surface area contributed by atoms with Crippen LogP contribution < -0.4 is 5.73 Å². The molecule has 0 spiro atoms. The lowest BCUT2D eigenvalue weighted by Crippen LogP contribution is -2.21. The summed E-state index contributed by atoms with van der Waals surface area (Å²) >= 11 is 0. The van der Waals surface area contributed by atoms with Crippen molar-refractivity contribution in [1.29, 1.82) is 0 Å². The molecule has 0 amide bonds. The predicted molar refractivity (Wildman–Crippen MR) is 65.3 cm³/mol. The van der Waals surface area contributed by atoms with Crippen molar-refractivity contribution >= 4 is 0 Å². The molecule has 3 heteroatoms. The summed E-state index contributed by atoms with van der Waals surface area (Å²) in [5.74, 6) is 0. The zero-order valence-electron chi connectivity index (χ0n) is 9.64. The van der Waals surface area contributed by atoms with E-state index < -0.39 is 6.10 Å². The molecule has 1 rings (SSSR count). The second-order valence-electron chi connectivity index (χ2n) is 3.88. The molecular formula is C13H21NO2. The minimum Gasteiger partial charge on any atom is -0.392 e. The largest absolute Gasteiger partial charge is 0.392 e. The fourth-order valence-corrected chi connectivity index (χ4v) is 1.46. The third-order valence-corrected chi connectivity index (χ3v) is 2.46. The van der Waals surface area contributed by atoms with E-state index in [1.54, 1.807) is 0 Å². The van der Waals surface area contributed by atoms with E-state index >= 15 is 0 Å². The molecule has 1 aromatic rings. The van der Waals surface area contributed by atoms with Gasteiger partial charge in [0.1, 0.15) is 0 Å². The lowest BCUT2D eigenvalue weighted by molar-refractivity contribution is 0.0842. The van der Waals surface area contributed by atoms with Crippen LogP contribution in [0.5, 0.6) is 0 Å². The van der Waals surface area contributed by atoms with Crippen molar-refractivity contribution in [3.05, 3.63) is 35.9 Å². The molecule has 3 nitrogen and oxygen atoms in total. The molecule has 0 fully saturated rings. The molecule has 3 N–H and O–H groups in total. The number of nitrogens with two attached hydrogens (primary N) is 1. The fraction of sp³-hybridized carbons (Fsp3) is 0.538. The maximum atomic E-state index is 9.19. The van der Waals surface area contributed by atoms with E-state index in [0.717, 1.165) is 19.4 Å². The molecular weight excluding hydrogens is 202 g/mol. The quantitative estimate of drug-likeness (QED) is 0.654. The summed E-state index contributed by atoms with van der Waals surface area (Å²) in [5.41, 5.74) is 6.62. The highest BCUT2D eigenvalue weighted by molar-refractivity contribution is 5.14. The van der Waals surface area contributed by atoms with Crippen molar-refractivity contribution in [1.82, 2.24) is 0 Å². The van der Waals surface area contributed by atoms with Crippen LogP contribution in [0.4, 0.5) is 0 Å². The van der Waals surface area contributed by atoms with Crippen molar-refractivity contribution in [2.24, 2.45) is 5.73 Å². The lowest BCUT2D eigenvalue weighted by Gasteiger charge is -2.08. The van der Waals surface area contributed by atoms with Crippen LogP contribution in [0.2, 0.25) is 0 Å². The molecule has 1 aromatic carbocycles. The van der Waals surface area contributed by atoms with Gasteiger partial charge in [-0.3, -0.25) is 0 Å². The van der Waals surface area contributed by atoms with Gasteiger partial charge in [-0.15, -0.1) is 0 Å². The highest BCUT2D eigenvalue weighted by Gasteiger charge is 1.99.